The maximum Gasteiger partial charge on any atom is 0.0642 e. The standard InChI is InChI=1S/C14H25N3/c1-11(2)12-4-7-14(15,8-5-12)10-13-6-9-17(3)16-13/h6,9,11-12H,4-5,7-8,10,15H2,1-3H3. The number of hydrogen-bond donors (Lipinski definition) is 1. The summed E-state index contributed by atoms with van der Waals surface area (Å²) >= 11 is 0. The molecule has 1 aliphatic rings. The first-order valence-corrected chi connectivity index (χ1v) is 6.76. The lowest BCUT2D eigenvalue weighted by atomic mass is 9.71. The van der Waals surface area contributed by atoms with Gasteiger partial charge in [0.2, 0.25) is 0 Å². The summed E-state index contributed by atoms with van der Waals surface area (Å²) in [6.07, 6.45) is 7.78. The highest BCUT2D eigenvalue weighted by Gasteiger charge is 2.33. The topological polar surface area (TPSA) is 43.8 Å². The molecule has 96 valence electrons. The zero-order valence-corrected chi connectivity index (χ0v) is 11.3. The Morgan fingerprint density at radius 1 is 1.47 bits per heavy atom. The smallest absolute Gasteiger partial charge is 0.0642 e. The van der Waals surface area contributed by atoms with Crippen LogP contribution in [0.25, 0.3) is 0 Å². The first kappa shape index (κ1) is 12.6. The van der Waals surface area contributed by atoms with E-state index in [0.717, 1.165) is 36.8 Å². The molecule has 2 N–H and O–H groups in total. The molecule has 1 aromatic rings. The zero-order chi connectivity index (χ0) is 12.5. The van der Waals surface area contributed by atoms with E-state index in [-0.39, 0.29) is 5.54 Å². The average molecular weight is 235 g/mol. The van der Waals surface area contributed by atoms with Crippen molar-refractivity contribution >= 4 is 0 Å². The van der Waals surface area contributed by atoms with E-state index in [1.165, 1.54) is 12.8 Å². The second kappa shape index (κ2) is 4.81. The molecule has 1 aliphatic carbocycles. The summed E-state index contributed by atoms with van der Waals surface area (Å²) in [7, 11) is 1.96. The summed E-state index contributed by atoms with van der Waals surface area (Å²) in [5.41, 5.74) is 7.64. The third-order valence-corrected chi connectivity index (χ3v) is 4.27. The predicted molar refractivity (Wildman–Crippen MR) is 70.6 cm³/mol. The van der Waals surface area contributed by atoms with Gasteiger partial charge in [-0.1, -0.05) is 13.8 Å². The van der Waals surface area contributed by atoms with Crippen molar-refractivity contribution < 1.29 is 0 Å². The molecule has 0 saturated heterocycles. The summed E-state index contributed by atoms with van der Waals surface area (Å²) < 4.78 is 1.86. The van der Waals surface area contributed by atoms with Crippen LogP contribution in [0.15, 0.2) is 12.3 Å². The van der Waals surface area contributed by atoms with Crippen LogP contribution in [0.2, 0.25) is 0 Å². The van der Waals surface area contributed by atoms with Crippen LogP contribution in [-0.4, -0.2) is 15.3 Å². The molecule has 0 bridgehead atoms. The monoisotopic (exact) mass is 235 g/mol. The van der Waals surface area contributed by atoms with Gasteiger partial charge in [-0.25, -0.2) is 0 Å². The van der Waals surface area contributed by atoms with Gasteiger partial charge in [-0.05, 0) is 43.6 Å². The van der Waals surface area contributed by atoms with Gasteiger partial charge in [0.1, 0.15) is 0 Å². The Kier molecular flexibility index (Phi) is 3.57. The molecule has 1 heterocycles. The van der Waals surface area contributed by atoms with E-state index in [9.17, 15) is 0 Å². The molecule has 0 aromatic carbocycles. The minimum absolute atomic E-state index is 0.0141. The lowest BCUT2D eigenvalue weighted by Gasteiger charge is -2.38. The molecule has 0 radical (unpaired) electrons. The number of hydrogen-bond acceptors (Lipinski definition) is 2. The van der Waals surface area contributed by atoms with Crippen molar-refractivity contribution in [3.8, 4) is 0 Å². The van der Waals surface area contributed by atoms with Gasteiger partial charge in [0, 0.05) is 25.2 Å². The van der Waals surface area contributed by atoms with Crippen LogP contribution >= 0.6 is 0 Å². The fraction of sp³-hybridized carbons (Fsp3) is 0.786. The van der Waals surface area contributed by atoms with E-state index >= 15 is 0 Å². The summed E-state index contributed by atoms with van der Waals surface area (Å²) in [6, 6.07) is 2.09. The molecule has 0 aliphatic heterocycles. The van der Waals surface area contributed by atoms with Crippen molar-refractivity contribution in [2.24, 2.45) is 24.6 Å². The molecular weight excluding hydrogens is 210 g/mol. The number of aromatic nitrogens is 2. The van der Waals surface area contributed by atoms with Crippen molar-refractivity contribution in [3.63, 3.8) is 0 Å². The molecule has 1 saturated carbocycles. The number of rotatable bonds is 3. The SMILES string of the molecule is CC(C)C1CCC(N)(Cc2ccn(C)n2)CC1. The van der Waals surface area contributed by atoms with Gasteiger partial charge in [0.25, 0.3) is 0 Å². The first-order chi connectivity index (χ1) is 7.98. The highest BCUT2D eigenvalue weighted by Crippen LogP contribution is 2.35. The van der Waals surface area contributed by atoms with Gasteiger partial charge in [-0.2, -0.15) is 5.10 Å². The minimum atomic E-state index is -0.0141. The Bertz CT molecular complexity index is 359. The highest BCUT2D eigenvalue weighted by molar-refractivity contribution is 5.06. The molecule has 0 unspecified atom stereocenters. The molecule has 2 rings (SSSR count). The molecule has 0 atom stereocenters. The van der Waals surface area contributed by atoms with E-state index < -0.39 is 0 Å². The number of nitrogens with two attached hydrogens (primary N) is 1. The predicted octanol–water partition coefficient (Wildman–Crippen LogP) is 2.51. The Morgan fingerprint density at radius 2 is 2.12 bits per heavy atom. The van der Waals surface area contributed by atoms with Crippen molar-refractivity contribution in [2.45, 2.75) is 51.5 Å². The molecule has 3 heteroatoms. The molecule has 3 nitrogen and oxygen atoms in total. The normalized spacial score (nSPS) is 29.8. The largest absolute Gasteiger partial charge is 0.325 e. The lowest BCUT2D eigenvalue weighted by molar-refractivity contribution is 0.193. The summed E-state index contributed by atoms with van der Waals surface area (Å²) in [5, 5.41) is 4.44. The lowest BCUT2D eigenvalue weighted by Crippen LogP contribution is -2.46. The maximum atomic E-state index is 6.51. The molecular formula is C14H25N3. The minimum Gasteiger partial charge on any atom is -0.325 e. The fourth-order valence-electron chi connectivity index (χ4n) is 2.98. The van der Waals surface area contributed by atoms with Crippen LogP contribution in [0.3, 0.4) is 0 Å². The summed E-state index contributed by atoms with van der Waals surface area (Å²) in [5.74, 6) is 1.67. The van der Waals surface area contributed by atoms with E-state index in [0.29, 0.717) is 0 Å². The average Bonchev–Trinajstić information content (AvgIpc) is 2.63. The van der Waals surface area contributed by atoms with E-state index in [1.54, 1.807) is 0 Å². The van der Waals surface area contributed by atoms with Gasteiger partial charge in [-0.3, -0.25) is 4.68 Å². The van der Waals surface area contributed by atoms with Crippen molar-refractivity contribution in [1.82, 2.24) is 9.78 Å². The Morgan fingerprint density at radius 3 is 2.59 bits per heavy atom. The quantitative estimate of drug-likeness (QED) is 0.875. The van der Waals surface area contributed by atoms with E-state index in [4.69, 9.17) is 5.73 Å². The fourth-order valence-corrected chi connectivity index (χ4v) is 2.98. The van der Waals surface area contributed by atoms with E-state index in [1.807, 2.05) is 17.9 Å². The van der Waals surface area contributed by atoms with Crippen molar-refractivity contribution in [2.75, 3.05) is 0 Å². The molecule has 0 amide bonds. The second-order valence-corrected chi connectivity index (χ2v) is 6.10. The molecule has 1 aromatic heterocycles. The zero-order valence-electron chi connectivity index (χ0n) is 11.3. The molecule has 0 spiro atoms. The highest BCUT2D eigenvalue weighted by atomic mass is 15.2. The van der Waals surface area contributed by atoms with Crippen molar-refractivity contribution in [3.05, 3.63) is 18.0 Å². The van der Waals surface area contributed by atoms with Crippen LogP contribution in [-0.2, 0) is 13.5 Å². The molecule has 1 fully saturated rings. The summed E-state index contributed by atoms with van der Waals surface area (Å²) in [4.78, 5) is 0. The molecule has 17 heavy (non-hydrogen) atoms. The van der Waals surface area contributed by atoms with Gasteiger partial charge < -0.3 is 5.73 Å². The van der Waals surface area contributed by atoms with Crippen LogP contribution < -0.4 is 5.73 Å². The Labute approximate surface area is 104 Å². The van der Waals surface area contributed by atoms with Crippen LogP contribution in [0.1, 0.15) is 45.2 Å². The number of aryl methyl sites for hydroxylation is 1. The van der Waals surface area contributed by atoms with Gasteiger partial charge >= 0.3 is 0 Å². The third kappa shape index (κ3) is 3.09. The van der Waals surface area contributed by atoms with Gasteiger partial charge in [0.15, 0.2) is 0 Å². The van der Waals surface area contributed by atoms with Crippen molar-refractivity contribution in [1.29, 1.82) is 0 Å². The second-order valence-electron chi connectivity index (χ2n) is 6.10. The Balaban J connectivity index is 1.93. The third-order valence-electron chi connectivity index (χ3n) is 4.27. The van der Waals surface area contributed by atoms with E-state index in [2.05, 4.69) is 25.0 Å². The number of nitrogens with zero attached hydrogens (tertiary/aromatic N) is 2. The van der Waals surface area contributed by atoms with Gasteiger partial charge in [0.05, 0.1) is 5.69 Å². The van der Waals surface area contributed by atoms with Gasteiger partial charge in [-0.15, -0.1) is 0 Å². The van der Waals surface area contributed by atoms with Crippen LogP contribution in [0.5, 0.6) is 0 Å². The first-order valence-electron chi connectivity index (χ1n) is 6.76. The van der Waals surface area contributed by atoms with Crippen LogP contribution in [0, 0.1) is 11.8 Å². The van der Waals surface area contributed by atoms with Crippen LogP contribution in [0.4, 0.5) is 0 Å². The Hall–Kier alpha value is -0.830. The summed E-state index contributed by atoms with van der Waals surface area (Å²) in [6.45, 7) is 4.65. The maximum absolute atomic E-state index is 6.51.